The van der Waals surface area contributed by atoms with E-state index in [4.69, 9.17) is 9.47 Å². The number of methoxy groups -OCH3 is 2. The van der Waals surface area contributed by atoms with Crippen LogP contribution >= 0.6 is 0 Å². The first-order chi connectivity index (χ1) is 15.9. The van der Waals surface area contributed by atoms with E-state index in [1.807, 2.05) is 6.07 Å². The molecule has 0 aliphatic carbocycles. The van der Waals surface area contributed by atoms with Gasteiger partial charge >= 0.3 is 5.97 Å². The highest BCUT2D eigenvalue weighted by Gasteiger charge is 2.17. The van der Waals surface area contributed by atoms with E-state index in [0.29, 0.717) is 39.4 Å². The van der Waals surface area contributed by atoms with Crippen molar-refractivity contribution in [2.24, 2.45) is 0 Å². The first-order valence-corrected chi connectivity index (χ1v) is 10.1. The van der Waals surface area contributed by atoms with E-state index in [0.717, 1.165) is 0 Å². The minimum absolute atomic E-state index is 0.172. The van der Waals surface area contributed by atoms with Gasteiger partial charge in [-0.15, -0.1) is 0 Å². The average molecular weight is 443 g/mol. The van der Waals surface area contributed by atoms with Gasteiger partial charge in [0.05, 0.1) is 42.1 Å². The number of amides is 1. The maximum absolute atomic E-state index is 13.0. The molecule has 1 amide bonds. The van der Waals surface area contributed by atoms with Gasteiger partial charge in [-0.2, -0.15) is 0 Å². The van der Waals surface area contributed by atoms with Crippen LogP contribution in [0.3, 0.4) is 0 Å². The second-order valence-corrected chi connectivity index (χ2v) is 7.22. The number of para-hydroxylation sites is 1. The predicted molar refractivity (Wildman–Crippen MR) is 124 cm³/mol. The van der Waals surface area contributed by atoms with E-state index in [2.05, 4.69) is 10.3 Å². The Morgan fingerprint density at radius 1 is 0.970 bits per heavy atom. The second kappa shape index (κ2) is 8.96. The van der Waals surface area contributed by atoms with E-state index < -0.39 is 11.9 Å². The molecule has 0 saturated carbocycles. The van der Waals surface area contributed by atoms with Crippen LogP contribution in [0.1, 0.15) is 26.5 Å². The van der Waals surface area contributed by atoms with Crippen LogP contribution < -0.4 is 15.6 Å². The molecular formula is C25H21N3O5. The number of carbonyl (C=O) groups is 2. The van der Waals surface area contributed by atoms with Crippen LogP contribution in [0.2, 0.25) is 0 Å². The zero-order valence-corrected chi connectivity index (χ0v) is 18.3. The number of benzene rings is 3. The molecule has 4 rings (SSSR count). The quantitative estimate of drug-likeness (QED) is 0.472. The van der Waals surface area contributed by atoms with Gasteiger partial charge in [-0.3, -0.25) is 14.2 Å². The molecule has 0 aliphatic heterocycles. The molecule has 1 aromatic heterocycles. The van der Waals surface area contributed by atoms with Gasteiger partial charge in [0.2, 0.25) is 0 Å². The summed E-state index contributed by atoms with van der Waals surface area (Å²) in [5.74, 6) is -0.0183. The van der Waals surface area contributed by atoms with Crippen molar-refractivity contribution in [1.82, 2.24) is 9.55 Å². The highest BCUT2D eigenvalue weighted by atomic mass is 16.5. The van der Waals surface area contributed by atoms with Crippen LogP contribution in [0, 0.1) is 6.92 Å². The number of ether oxygens (including phenoxy) is 2. The number of hydrogen-bond acceptors (Lipinski definition) is 6. The number of aromatic nitrogens is 2. The summed E-state index contributed by atoms with van der Waals surface area (Å²) in [4.78, 5) is 42.4. The fourth-order valence-corrected chi connectivity index (χ4v) is 3.54. The summed E-state index contributed by atoms with van der Waals surface area (Å²) in [6.45, 7) is 1.76. The number of fused-ring (bicyclic) bond motifs is 1. The number of aryl methyl sites for hydroxylation is 1. The maximum atomic E-state index is 13.0. The number of esters is 1. The third-order valence-electron chi connectivity index (χ3n) is 5.21. The van der Waals surface area contributed by atoms with Crippen LogP contribution in [0.15, 0.2) is 71.5 Å². The Balaban J connectivity index is 1.64. The van der Waals surface area contributed by atoms with Gasteiger partial charge in [-0.05, 0) is 61.5 Å². The smallest absolute Gasteiger partial charge is 0.340 e. The molecule has 0 saturated heterocycles. The monoisotopic (exact) mass is 443 g/mol. The van der Waals surface area contributed by atoms with Gasteiger partial charge in [0, 0.05) is 5.56 Å². The standard InChI is InChI=1S/C25H21N3O5/c1-15-26-21-7-5-4-6-19(21)24(30)28(15)17-10-8-16(9-11-17)23(29)27-22-13-12-18(32-2)14-20(22)25(31)33-3/h4-14H,1-3H3,(H,27,29). The Kier molecular flexibility index (Phi) is 5.91. The van der Waals surface area contributed by atoms with Crippen molar-refractivity contribution >= 4 is 28.5 Å². The first kappa shape index (κ1) is 21.8. The number of nitrogens with one attached hydrogen (secondary N) is 1. The summed E-state index contributed by atoms with van der Waals surface area (Å²) in [6.07, 6.45) is 0. The number of rotatable bonds is 5. The van der Waals surface area contributed by atoms with E-state index in [1.165, 1.54) is 24.9 Å². The fourth-order valence-electron chi connectivity index (χ4n) is 3.54. The lowest BCUT2D eigenvalue weighted by Gasteiger charge is -2.13. The molecule has 0 atom stereocenters. The lowest BCUT2D eigenvalue weighted by molar-refractivity contribution is 0.0601. The van der Waals surface area contributed by atoms with Gasteiger partial charge < -0.3 is 14.8 Å². The molecular weight excluding hydrogens is 422 g/mol. The Bertz CT molecular complexity index is 1420. The molecule has 1 N–H and O–H groups in total. The molecule has 8 heteroatoms. The number of hydrogen-bond donors (Lipinski definition) is 1. The van der Waals surface area contributed by atoms with Crippen molar-refractivity contribution in [3.63, 3.8) is 0 Å². The highest BCUT2D eigenvalue weighted by molar-refractivity contribution is 6.08. The molecule has 3 aromatic carbocycles. The molecule has 0 bridgehead atoms. The molecule has 0 fully saturated rings. The average Bonchev–Trinajstić information content (AvgIpc) is 2.84. The maximum Gasteiger partial charge on any atom is 0.340 e. The van der Waals surface area contributed by atoms with E-state index >= 15 is 0 Å². The second-order valence-electron chi connectivity index (χ2n) is 7.22. The van der Waals surface area contributed by atoms with Crippen LogP contribution in [0.25, 0.3) is 16.6 Å². The number of nitrogens with zero attached hydrogens (tertiary/aromatic N) is 2. The van der Waals surface area contributed by atoms with Crippen LogP contribution in [-0.2, 0) is 4.74 Å². The van der Waals surface area contributed by atoms with E-state index in [9.17, 15) is 14.4 Å². The largest absolute Gasteiger partial charge is 0.497 e. The molecule has 33 heavy (non-hydrogen) atoms. The van der Waals surface area contributed by atoms with Gasteiger partial charge in [0.25, 0.3) is 11.5 Å². The third-order valence-corrected chi connectivity index (χ3v) is 5.21. The van der Waals surface area contributed by atoms with Crippen molar-refractivity contribution in [3.8, 4) is 11.4 Å². The minimum Gasteiger partial charge on any atom is -0.497 e. The van der Waals surface area contributed by atoms with Crippen molar-refractivity contribution in [2.45, 2.75) is 6.92 Å². The van der Waals surface area contributed by atoms with E-state index in [1.54, 1.807) is 61.5 Å². The molecule has 4 aromatic rings. The van der Waals surface area contributed by atoms with Gasteiger partial charge in [0.1, 0.15) is 11.6 Å². The van der Waals surface area contributed by atoms with Crippen molar-refractivity contribution < 1.29 is 19.1 Å². The fraction of sp³-hybridized carbons (Fsp3) is 0.120. The molecule has 0 spiro atoms. The lowest BCUT2D eigenvalue weighted by Crippen LogP contribution is -2.22. The van der Waals surface area contributed by atoms with Gasteiger partial charge in [-0.25, -0.2) is 9.78 Å². The first-order valence-electron chi connectivity index (χ1n) is 10.1. The molecule has 1 heterocycles. The summed E-state index contributed by atoms with van der Waals surface area (Å²) in [7, 11) is 2.74. The predicted octanol–water partition coefficient (Wildman–Crippen LogP) is 3.74. The van der Waals surface area contributed by atoms with Crippen LogP contribution in [0.4, 0.5) is 5.69 Å². The van der Waals surface area contributed by atoms with Crippen molar-refractivity contribution in [3.05, 3.63) is 94.0 Å². The van der Waals surface area contributed by atoms with Gasteiger partial charge in [0.15, 0.2) is 0 Å². The molecule has 8 nitrogen and oxygen atoms in total. The normalized spacial score (nSPS) is 10.6. The zero-order chi connectivity index (χ0) is 23.5. The van der Waals surface area contributed by atoms with Crippen LogP contribution in [0.5, 0.6) is 5.75 Å². The Labute approximate surface area is 189 Å². The summed E-state index contributed by atoms with van der Waals surface area (Å²) in [5.41, 5.74) is 1.86. The van der Waals surface area contributed by atoms with Crippen molar-refractivity contribution in [1.29, 1.82) is 0 Å². The van der Waals surface area contributed by atoms with E-state index in [-0.39, 0.29) is 11.1 Å². The Morgan fingerprint density at radius 3 is 2.39 bits per heavy atom. The summed E-state index contributed by atoms with van der Waals surface area (Å²) >= 11 is 0. The molecule has 0 aliphatic rings. The topological polar surface area (TPSA) is 99.5 Å². The van der Waals surface area contributed by atoms with Crippen LogP contribution in [-0.4, -0.2) is 35.6 Å². The third kappa shape index (κ3) is 4.18. The highest BCUT2D eigenvalue weighted by Crippen LogP contribution is 2.24. The SMILES string of the molecule is COC(=O)c1cc(OC)ccc1NC(=O)c1ccc(-n2c(C)nc3ccccc3c2=O)cc1. The zero-order valence-electron chi connectivity index (χ0n) is 18.3. The number of anilines is 1. The minimum atomic E-state index is -0.599. The van der Waals surface area contributed by atoms with Gasteiger partial charge in [-0.1, -0.05) is 12.1 Å². The lowest BCUT2D eigenvalue weighted by atomic mass is 10.1. The summed E-state index contributed by atoms with van der Waals surface area (Å²) in [5, 5.41) is 3.24. The van der Waals surface area contributed by atoms with Crippen molar-refractivity contribution in [2.75, 3.05) is 19.5 Å². The Hall–Kier alpha value is -4.46. The molecule has 0 unspecified atom stereocenters. The summed E-state index contributed by atoms with van der Waals surface area (Å²) < 4.78 is 11.4. The Morgan fingerprint density at radius 2 is 1.70 bits per heavy atom. The molecule has 166 valence electrons. The number of carbonyl (C=O) groups excluding carboxylic acids is 2. The summed E-state index contributed by atoms with van der Waals surface area (Å²) in [6, 6.07) is 18.4. The molecule has 0 radical (unpaired) electrons.